The highest BCUT2D eigenvalue weighted by Gasteiger charge is 2.19. The summed E-state index contributed by atoms with van der Waals surface area (Å²) in [7, 11) is 0. The lowest BCUT2D eigenvalue weighted by molar-refractivity contribution is 0.0524. The van der Waals surface area contributed by atoms with Crippen molar-refractivity contribution in [1.82, 2.24) is 9.55 Å². The molecule has 0 atom stereocenters. The summed E-state index contributed by atoms with van der Waals surface area (Å²) in [6.07, 6.45) is 1.38. The highest BCUT2D eigenvalue weighted by molar-refractivity contribution is 6.32. The number of esters is 1. The van der Waals surface area contributed by atoms with Crippen molar-refractivity contribution in [1.29, 1.82) is 0 Å². The number of nitrogens with zero attached hydrogens (tertiary/aromatic N) is 2. The maximum atomic E-state index is 12.6. The van der Waals surface area contributed by atoms with Crippen molar-refractivity contribution in [3.05, 3.63) is 68.6 Å². The third-order valence-corrected chi connectivity index (χ3v) is 3.95. The summed E-state index contributed by atoms with van der Waals surface area (Å²) in [6.45, 7) is 1.84. The molecule has 0 spiro atoms. The summed E-state index contributed by atoms with van der Waals surface area (Å²) in [5, 5.41) is 0.926. The molecule has 0 aliphatic rings. The number of fused-ring (bicyclic) bond motifs is 1. The van der Waals surface area contributed by atoms with Crippen molar-refractivity contribution in [2.75, 3.05) is 6.61 Å². The van der Waals surface area contributed by atoms with Gasteiger partial charge in [0.25, 0.3) is 0 Å². The second-order valence-electron chi connectivity index (χ2n) is 4.92. The quantitative estimate of drug-likeness (QED) is 0.524. The number of carbonyl (C=O) groups is 1. The van der Waals surface area contributed by atoms with Crippen molar-refractivity contribution in [2.45, 2.75) is 6.92 Å². The first-order valence-corrected chi connectivity index (χ1v) is 7.92. The summed E-state index contributed by atoms with van der Waals surface area (Å²) in [4.78, 5) is 28.9. The lowest BCUT2D eigenvalue weighted by Crippen LogP contribution is -2.21. The zero-order valence-electron chi connectivity index (χ0n) is 12.6. The molecule has 1 aromatic carbocycles. The molecule has 0 bridgehead atoms. The monoisotopic (exact) mass is 362 g/mol. The van der Waals surface area contributed by atoms with E-state index < -0.39 is 11.4 Å². The minimum Gasteiger partial charge on any atom is -0.462 e. The molecule has 122 valence electrons. The SMILES string of the molecule is CCOC(=O)c1cn(-c2ccccc2Cl)c2nc(Cl)ccc2c1=O. The van der Waals surface area contributed by atoms with Crippen LogP contribution < -0.4 is 5.43 Å². The number of hydrogen-bond donors (Lipinski definition) is 0. The van der Waals surface area contributed by atoms with Crippen LogP contribution in [0.15, 0.2) is 47.4 Å². The fraction of sp³-hybridized carbons (Fsp3) is 0.118. The van der Waals surface area contributed by atoms with Crippen molar-refractivity contribution in [3.63, 3.8) is 0 Å². The Morgan fingerprint density at radius 3 is 2.67 bits per heavy atom. The van der Waals surface area contributed by atoms with Crippen LogP contribution in [-0.2, 0) is 4.74 Å². The van der Waals surface area contributed by atoms with Crippen LogP contribution in [0.3, 0.4) is 0 Å². The fourth-order valence-electron chi connectivity index (χ4n) is 2.37. The van der Waals surface area contributed by atoms with E-state index in [2.05, 4.69) is 4.98 Å². The number of rotatable bonds is 3. The van der Waals surface area contributed by atoms with Crippen LogP contribution in [0.2, 0.25) is 10.2 Å². The molecule has 0 saturated carbocycles. The molecule has 3 rings (SSSR count). The van der Waals surface area contributed by atoms with Gasteiger partial charge in [0.15, 0.2) is 0 Å². The number of ether oxygens (including phenoxy) is 1. The maximum absolute atomic E-state index is 12.6. The molecule has 3 aromatic rings. The summed E-state index contributed by atoms with van der Waals surface area (Å²) in [6, 6.07) is 10.1. The van der Waals surface area contributed by atoms with E-state index in [9.17, 15) is 9.59 Å². The lowest BCUT2D eigenvalue weighted by Gasteiger charge is -2.13. The Hall–Kier alpha value is -2.37. The van der Waals surface area contributed by atoms with E-state index in [-0.39, 0.29) is 22.7 Å². The van der Waals surface area contributed by atoms with E-state index in [0.29, 0.717) is 16.4 Å². The topological polar surface area (TPSA) is 61.2 Å². The van der Waals surface area contributed by atoms with Crippen LogP contribution in [0.1, 0.15) is 17.3 Å². The third-order valence-electron chi connectivity index (χ3n) is 3.42. The zero-order chi connectivity index (χ0) is 17.3. The average Bonchev–Trinajstić information content (AvgIpc) is 2.56. The first-order chi connectivity index (χ1) is 11.5. The predicted octanol–water partition coefficient (Wildman–Crippen LogP) is 3.87. The number of hydrogen-bond acceptors (Lipinski definition) is 4. The third kappa shape index (κ3) is 2.88. The van der Waals surface area contributed by atoms with Crippen molar-refractivity contribution in [3.8, 4) is 5.69 Å². The molecule has 0 saturated heterocycles. The Balaban J connectivity index is 2.40. The molecule has 0 N–H and O–H groups in total. The van der Waals surface area contributed by atoms with Crippen LogP contribution in [-0.4, -0.2) is 22.1 Å². The molecule has 0 amide bonds. The Morgan fingerprint density at radius 1 is 1.21 bits per heavy atom. The van der Waals surface area contributed by atoms with Gasteiger partial charge in [0.05, 0.1) is 22.7 Å². The maximum Gasteiger partial charge on any atom is 0.343 e. The standard InChI is InChI=1S/C17H12Cl2N2O3/c1-2-24-17(23)11-9-21(13-6-4-3-5-12(13)18)16-10(15(11)22)7-8-14(19)20-16/h3-9H,2H2,1H3. The number of pyridine rings is 2. The van der Waals surface area contributed by atoms with Gasteiger partial charge in [0.1, 0.15) is 16.4 Å². The highest BCUT2D eigenvalue weighted by atomic mass is 35.5. The minimum absolute atomic E-state index is 0.0895. The number of halogens is 2. The molecule has 0 radical (unpaired) electrons. The largest absolute Gasteiger partial charge is 0.462 e. The molecule has 2 aromatic heterocycles. The molecule has 0 unspecified atom stereocenters. The van der Waals surface area contributed by atoms with Gasteiger partial charge in [0.2, 0.25) is 5.43 Å². The average molecular weight is 363 g/mol. The van der Waals surface area contributed by atoms with Gasteiger partial charge in [-0.15, -0.1) is 0 Å². The summed E-state index contributed by atoms with van der Waals surface area (Å²) in [5.41, 5.74) is 0.336. The van der Waals surface area contributed by atoms with Gasteiger partial charge in [0, 0.05) is 6.20 Å². The summed E-state index contributed by atoms with van der Waals surface area (Å²) >= 11 is 12.2. The Labute approximate surface area is 147 Å². The van der Waals surface area contributed by atoms with E-state index >= 15 is 0 Å². The Morgan fingerprint density at radius 2 is 1.96 bits per heavy atom. The number of benzene rings is 1. The van der Waals surface area contributed by atoms with Crippen LogP contribution in [0.4, 0.5) is 0 Å². The van der Waals surface area contributed by atoms with Gasteiger partial charge in [-0.05, 0) is 31.2 Å². The van der Waals surface area contributed by atoms with Crippen LogP contribution in [0.5, 0.6) is 0 Å². The van der Waals surface area contributed by atoms with Crippen molar-refractivity contribution >= 4 is 40.2 Å². The fourth-order valence-corrected chi connectivity index (χ4v) is 2.73. The molecule has 0 aliphatic heterocycles. The zero-order valence-corrected chi connectivity index (χ0v) is 14.1. The summed E-state index contributed by atoms with van der Waals surface area (Å²) < 4.78 is 6.54. The minimum atomic E-state index is -0.694. The van der Waals surface area contributed by atoms with E-state index in [0.717, 1.165) is 0 Å². The first kappa shape index (κ1) is 16.5. The van der Waals surface area contributed by atoms with E-state index in [1.54, 1.807) is 35.8 Å². The molecule has 5 nitrogen and oxygen atoms in total. The first-order valence-electron chi connectivity index (χ1n) is 7.17. The Kier molecular flexibility index (Phi) is 4.55. The van der Waals surface area contributed by atoms with Crippen LogP contribution in [0, 0.1) is 0 Å². The van der Waals surface area contributed by atoms with E-state index in [4.69, 9.17) is 27.9 Å². The second kappa shape index (κ2) is 6.63. The molecule has 2 heterocycles. The van der Waals surface area contributed by atoms with Gasteiger partial charge in [-0.3, -0.25) is 9.36 Å². The summed E-state index contributed by atoms with van der Waals surface area (Å²) in [5.74, 6) is -0.694. The molecule has 0 fully saturated rings. The number of aromatic nitrogens is 2. The molecular weight excluding hydrogens is 351 g/mol. The normalized spacial score (nSPS) is 10.8. The van der Waals surface area contributed by atoms with Gasteiger partial charge in [-0.25, -0.2) is 9.78 Å². The Bertz CT molecular complexity index is 999. The number of para-hydroxylation sites is 1. The van der Waals surface area contributed by atoms with Gasteiger partial charge in [-0.1, -0.05) is 35.3 Å². The van der Waals surface area contributed by atoms with Crippen LogP contribution in [0.25, 0.3) is 16.7 Å². The van der Waals surface area contributed by atoms with Crippen molar-refractivity contribution < 1.29 is 9.53 Å². The number of carbonyl (C=O) groups excluding carboxylic acids is 1. The van der Waals surface area contributed by atoms with Gasteiger partial charge < -0.3 is 4.74 Å². The van der Waals surface area contributed by atoms with E-state index in [1.165, 1.54) is 18.3 Å². The molecular formula is C17H12Cl2N2O3. The smallest absolute Gasteiger partial charge is 0.343 e. The second-order valence-corrected chi connectivity index (χ2v) is 5.71. The molecule has 7 heteroatoms. The molecule has 0 aliphatic carbocycles. The van der Waals surface area contributed by atoms with Gasteiger partial charge >= 0.3 is 5.97 Å². The van der Waals surface area contributed by atoms with Crippen LogP contribution >= 0.6 is 23.2 Å². The highest BCUT2D eigenvalue weighted by Crippen LogP contribution is 2.24. The lowest BCUT2D eigenvalue weighted by atomic mass is 10.2. The van der Waals surface area contributed by atoms with Gasteiger partial charge in [-0.2, -0.15) is 0 Å². The van der Waals surface area contributed by atoms with E-state index in [1.807, 2.05) is 0 Å². The van der Waals surface area contributed by atoms with Crippen molar-refractivity contribution in [2.24, 2.45) is 0 Å². The predicted molar refractivity (Wildman–Crippen MR) is 93.3 cm³/mol. The molecule has 24 heavy (non-hydrogen) atoms.